The Kier molecular flexibility index (Phi) is 3.25. The summed E-state index contributed by atoms with van der Waals surface area (Å²) in [5.74, 6) is 0.470. The second-order valence-corrected chi connectivity index (χ2v) is 3.67. The van der Waals surface area contributed by atoms with Crippen LogP contribution in [0.3, 0.4) is 0 Å². The summed E-state index contributed by atoms with van der Waals surface area (Å²) in [6, 6.07) is 7.06. The first kappa shape index (κ1) is 11.4. The van der Waals surface area contributed by atoms with E-state index < -0.39 is 0 Å². The number of hydrogen-bond acceptors (Lipinski definition) is 4. The molecule has 1 aromatic carbocycles. The molecule has 0 radical (unpaired) electrons. The molecule has 0 amide bonds. The molecule has 88 valence electrons. The number of nitrogen functional groups attached to an aromatic ring is 1. The van der Waals surface area contributed by atoms with Gasteiger partial charge < -0.3 is 15.3 Å². The molecule has 0 aliphatic heterocycles. The molecule has 0 saturated heterocycles. The molecule has 1 heterocycles. The van der Waals surface area contributed by atoms with Crippen molar-refractivity contribution in [3.05, 3.63) is 41.7 Å². The molecule has 0 saturated carbocycles. The highest BCUT2D eigenvalue weighted by Crippen LogP contribution is 2.31. The van der Waals surface area contributed by atoms with Crippen molar-refractivity contribution in [3.63, 3.8) is 0 Å². The number of carbonyl (C=O) groups excluding carboxylic acids is 1. The number of anilines is 1. The summed E-state index contributed by atoms with van der Waals surface area (Å²) in [6.07, 6.45) is 2.67. The molecule has 0 spiro atoms. The smallest absolute Gasteiger partial charge is 0.153 e. The fourth-order valence-electron chi connectivity index (χ4n) is 1.78. The summed E-state index contributed by atoms with van der Waals surface area (Å²) in [7, 11) is 0. The molecule has 0 unspecified atom stereocenters. The first-order valence-corrected chi connectivity index (χ1v) is 5.29. The van der Waals surface area contributed by atoms with E-state index >= 15 is 0 Å². The minimum Gasteiger partial charge on any atom is -0.464 e. The first-order valence-electron chi connectivity index (χ1n) is 5.29. The SMILES string of the molecule is Nc1c(CCO)cccc1-c1occc1C=O. The first-order chi connectivity index (χ1) is 8.27. The Morgan fingerprint density at radius 3 is 2.88 bits per heavy atom. The van der Waals surface area contributed by atoms with Gasteiger partial charge in [0.15, 0.2) is 6.29 Å². The summed E-state index contributed by atoms with van der Waals surface area (Å²) in [4.78, 5) is 10.8. The maximum atomic E-state index is 10.8. The van der Waals surface area contributed by atoms with E-state index in [9.17, 15) is 4.79 Å². The lowest BCUT2D eigenvalue weighted by molar-refractivity contribution is 0.112. The van der Waals surface area contributed by atoms with Gasteiger partial charge in [0.2, 0.25) is 0 Å². The van der Waals surface area contributed by atoms with E-state index in [-0.39, 0.29) is 6.61 Å². The molecule has 2 aromatic rings. The zero-order chi connectivity index (χ0) is 12.3. The summed E-state index contributed by atoms with van der Waals surface area (Å²) in [6.45, 7) is 0.0341. The summed E-state index contributed by atoms with van der Waals surface area (Å²) < 4.78 is 5.28. The van der Waals surface area contributed by atoms with Crippen molar-refractivity contribution in [2.45, 2.75) is 6.42 Å². The van der Waals surface area contributed by atoms with Crippen LogP contribution < -0.4 is 5.73 Å². The number of furan rings is 1. The Balaban J connectivity index is 2.52. The van der Waals surface area contributed by atoms with E-state index in [4.69, 9.17) is 15.3 Å². The minimum absolute atomic E-state index is 0.0341. The number of para-hydroxylation sites is 1. The van der Waals surface area contributed by atoms with Gasteiger partial charge in [-0.3, -0.25) is 4.79 Å². The van der Waals surface area contributed by atoms with Crippen LogP contribution in [0.4, 0.5) is 5.69 Å². The molecule has 0 fully saturated rings. The van der Waals surface area contributed by atoms with Crippen molar-refractivity contribution in [1.82, 2.24) is 0 Å². The third-order valence-electron chi connectivity index (χ3n) is 2.64. The summed E-state index contributed by atoms with van der Waals surface area (Å²) in [5.41, 5.74) is 8.54. The van der Waals surface area contributed by atoms with E-state index in [1.807, 2.05) is 12.1 Å². The molecule has 17 heavy (non-hydrogen) atoms. The molecule has 0 bridgehead atoms. The predicted molar refractivity (Wildman–Crippen MR) is 64.7 cm³/mol. The van der Waals surface area contributed by atoms with E-state index in [1.54, 1.807) is 12.1 Å². The van der Waals surface area contributed by atoms with Gasteiger partial charge in [0.25, 0.3) is 0 Å². The fourth-order valence-corrected chi connectivity index (χ4v) is 1.78. The standard InChI is InChI=1S/C13H13NO3/c14-12-9(4-6-15)2-1-3-11(12)13-10(8-16)5-7-17-13/h1-3,5,7-8,15H,4,6,14H2. The average molecular weight is 231 g/mol. The lowest BCUT2D eigenvalue weighted by atomic mass is 10.0. The second-order valence-electron chi connectivity index (χ2n) is 3.67. The molecule has 4 nitrogen and oxygen atoms in total. The van der Waals surface area contributed by atoms with Gasteiger partial charge in [-0.1, -0.05) is 12.1 Å². The van der Waals surface area contributed by atoms with Gasteiger partial charge in [-0.15, -0.1) is 0 Å². The van der Waals surface area contributed by atoms with Gasteiger partial charge in [0.05, 0.1) is 11.8 Å². The van der Waals surface area contributed by atoms with Crippen LogP contribution in [-0.2, 0) is 6.42 Å². The minimum atomic E-state index is 0.0341. The molecule has 2 rings (SSSR count). The Labute approximate surface area is 98.7 Å². The van der Waals surface area contributed by atoms with E-state index in [0.29, 0.717) is 29.0 Å². The molecular weight excluding hydrogens is 218 g/mol. The highest BCUT2D eigenvalue weighted by molar-refractivity contribution is 5.89. The van der Waals surface area contributed by atoms with Crippen molar-refractivity contribution in [1.29, 1.82) is 0 Å². The Bertz CT molecular complexity index is 531. The third kappa shape index (κ3) is 2.07. The van der Waals surface area contributed by atoms with Crippen molar-refractivity contribution in [3.8, 4) is 11.3 Å². The van der Waals surface area contributed by atoms with Gasteiger partial charge in [-0.25, -0.2) is 0 Å². The van der Waals surface area contributed by atoms with Gasteiger partial charge in [-0.2, -0.15) is 0 Å². The lowest BCUT2D eigenvalue weighted by Crippen LogP contribution is -2.00. The zero-order valence-electron chi connectivity index (χ0n) is 9.22. The Morgan fingerprint density at radius 1 is 1.35 bits per heavy atom. The summed E-state index contributed by atoms with van der Waals surface area (Å²) in [5, 5.41) is 8.93. The van der Waals surface area contributed by atoms with Gasteiger partial charge >= 0.3 is 0 Å². The molecular formula is C13H13NO3. The average Bonchev–Trinajstić information content (AvgIpc) is 2.80. The molecule has 0 aliphatic rings. The van der Waals surface area contributed by atoms with Crippen LogP contribution in [0.5, 0.6) is 0 Å². The van der Waals surface area contributed by atoms with Crippen molar-refractivity contribution in [2.24, 2.45) is 0 Å². The number of aldehydes is 1. The number of nitrogens with two attached hydrogens (primary N) is 1. The lowest BCUT2D eigenvalue weighted by Gasteiger charge is -2.08. The van der Waals surface area contributed by atoms with Crippen molar-refractivity contribution in [2.75, 3.05) is 12.3 Å². The van der Waals surface area contributed by atoms with Crippen LogP contribution in [-0.4, -0.2) is 18.0 Å². The molecule has 4 heteroatoms. The Morgan fingerprint density at radius 2 is 2.18 bits per heavy atom. The maximum Gasteiger partial charge on any atom is 0.153 e. The van der Waals surface area contributed by atoms with Crippen LogP contribution in [0.15, 0.2) is 34.9 Å². The quantitative estimate of drug-likeness (QED) is 0.622. The topological polar surface area (TPSA) is 76.5 Å². The predicted octanol–water partition coefficient (Wildman–Crippen LogP) is 1.88. The van der Waals surface area contributed by atoms with E-state index in [0.717, 1.165) is 11.8 Å². The Hall–Kier alpha value is -2.07. The molecule has 0 atom stereocenters. The van der Waals surface area contributed by atoms with Crippen LogP contribution in [0, 0.1) is 0 Å². The van der Waals surface area contributed by atoms with Gasteiger partial charge in [-0.05, 0) is 24.1 Å². The fraction of sp³-hybridized carbons (Fsp3) is 0.154. The van der Waals surface area contributed by atoms with Crippen LogP contribution >= 0.6 is 0 Å². The van der Waals surface area contributed by atoms with Crippen LogP contribution in [0.25, 0.3) is 11.3 Å². The highest BCUT2D eigenvalue weighted by atomic mass is 16.3. The molecule has 1 aromatic heterocycles. The van der Waals surface area contributed by atoms with Gasteiger partial charge in [0, 0.05) is 17.9 Å². The maximum absolute atomic E-state index is 10.8. The van der Waals surface area contributed by atoms with E-state index in [1.165, 1.54) is 6.26 Å². The monoisotopic (exact) mass is 231 g/mol. The number of aliphatic hydroxyl groups excluding tert-OH is 1. The van der Waals surface area contributed by atoms with Crippen molar-refractivity contribution < 1.29 is 14.3 Å². The largest absolute Gasteiger partial charge is 0.464 e. The van der Waals surface area contributed by atoms with Gasteiger partial charge in [0.1, 0.15) is 5.76 Å². The van der Waals surface area contributed by atoms with Crippen molar-refractivity contribution >= 4 is 12.0 Å². The number of rotatable bonds is 4. The second kappa shape index (κ2) is 4.84. The highest BCUT2D eigenvalue weighted by Gasteiger charge is 2.13. The normalized spacial score (nSPS) is 10.4. The zero-order valence-corrected chi connectivity index (χ0v) is 9.22. The number of hydrogen-bond donors (Lipinski definition) is 2. The number of benzene rings is 1. The molecule has 3 N–H and O–H groups in total. The van der Waals surface area contributed by atoms with E-state index in [2.05, 4.69) is 0 Å². The number of carbonyl (C=O) groups is 1. The van der Waals surface area contributed by atoms with Crippen LogP contribution in [0.1, 0.15) is 15.9 Å². The molecule has 0 aliphatic carbocycles. The summed E-state index contributed by atoms with van der Waals surface area (Å²) >= 11 is 0. The number of aliphatic hydroxyl groups is 1. The van der Waals surface area contributed by atoms with Crippen LogP contribution in [0.2, 0.25) is 0 Å². The third-order valence-corrected chi connectivity index (χ3v) is 2.64.